The molecule has 0 bridgehead atoms. The number of benzene rings is 1. The quantitative estimate of drug-likeness (QED) is 0.692. The van der Waals surface area contributed by atoms with E-state index in [9.17, 15) is 14.4 Å². The lowest BCUT2D eigenvalue weighted by Crippen LogP contribution is -2.53. The number of hydrogen-bond donors (Lipinski definition) is 3. The number of hydrogen-bond acceptors (Lipinski definition) is 4. The highest BCUT2D eigenvalue weighted by Gasteiger charge is 2.32. The summed E-state index contributed by atoms with van der Waals surface area (Å²) in [5, 5.41) is 8.28. The van der Waals surface area contributed by atoms with Crippen LogP contribution in [0.25, 0.3) is 0 Å². The van der Waals surface area contributed by atoms with Crippen LogP contribution in [0.4, 0.5) is 5.69 Å². The molecule has 0 aromatic heterocycles. The van der Waals surface area contributed by atoms with E-state index >= 15 is 0 Å². The Kier molecular flexibility index (Phi) is 3.60. The molecule has 1 saturated heterocycles. The van der Waals surface area contributed by atoms with E-state index in [1.807, 2.05) is 24.3 Å². The Morgan fingerprint density at radius 2 is 2.00 bits per heavy atom. The number of para-hydroxylation sites is 1. The summed E-state index contributed by atoms with van der Waals surface area (Å²) in [7, 11) is 0. The average molecular weight is 287 g/mol. The number of imide groups is 1. The van der Waals surface area contributed by atoms with E-state index in [1.165, 1.54) is 0 Å². The molecule has 2 aliphatic rings. The van der Waals surface area contributed by atoms with Gasteiger partial charge in [0.2, 0.25) is 17.7 Å². The van der Waals surface area contributed by atoms with Crippen LogP contribution < -0.4 is 16.0 Å². The molecular weight excluding hydrogens is 270 g/mol. The molecular formula is C15H17N3O3. The molecule has 0 unspecified atom stereocenters. The number of piperidine rings is 1. The van der Waals surface area contributed by atoms with Crippen LogP contribution in [-0.2, 0) is 14.4 Å². The Bertz CT molecular complexity index is 600. The molecule has 3 amide bonds. The molecule has 110 valence electrons. The molecule has 21 heavy (non-hydrogen) atoms. The first kappa shape index (κ1) is 13.6. The van der Waals surface area contributed by atoms with E-state index in [1.54, 1.807) is 0 Å². The SMILES string of the molecule is O=C1CC[C@H](NC(=O)[C@H]2CCNc3ccccc32)C(=O)N1. The van der Waals surface area contributed by atoms with Gasteiger partial charge in [0.05, 0.1) is 5.92 Å². The first-order valence-corrected chi connectivity index (χ1v) is 7.12. The highest BCUT2D eigenvalue weighted by molar-refractivity contribution is 6.02. The van der Waals surface area contributed by atoms with Crippen LogP contribution in [0, 0.1) is 0 Å². The van der Waals surface area contributed by atoms with Crippen LogP contribution in [0.5, 0.6) is 0 Å². The fraction of sp³-hybridized carbons (Fsp3) is 0.400. The highest BCUT2D eigenvalue weighted by atomic mass is 16.2. The number of carbonyl (C=O) groups excluding carboxylic acids is 3. The van der Waals surface area contributed by atoms with Crippen molar-refractivity contribution >= 4 is 23.4 Å². The van der Waals surface area contributed by atoms with Crippen molar-refractivity contribution in [3.63, 3.8) is 0 Å². The molecule has 6 nitrogen and oxygen atoms in total. The van der Waals surface area contributed by atoms with E-state index in [4.69, 9.17) is 0 Å². The highest BCUT2D eigenvalue weighted by Crippen LogP contribution is 2.31. The molecule has 6 heteroatoms. The van der Waals surface area contributed by atoms with E-state index in [2.05, 4.69) is 16.0 Å². The maximum atomic E-state index is 12.5. The third-order valence-electron chi connectivity index (χ3n) is 3.96. The zero-order chi connectivity index (χ0) is 14.8. The summed E-state index contributed by atoms with van der Waals surface area (Å²) in [6.45, 7) is 0.727. The van der Waals surface area contributed by atoms with Crippen molar-refractivity contribution in [2.45, 2.75) is 31.2 Å². The minimum Gasteiger partial charge on any atom is -0.385 e. The van der Waals surface area contributed by atoms with Crippen LogP contribution in [0.2, 0.25) is 0 Å². The summed E-state index contributed by atoms with van der Waals surface area (Å²) < 4.78 is 0. The second-order valence-corrected chi connectivity index (χ2v) is 5.37. The van der Waals surface area contributed by atoms with Crippen LogP contribution in [0.1, 0.15) is 30.7 Å². The monoisotopic (exact) mass is 287 g/mol. The number of amides is 3. The normalized spacial score (nSPS) is 24.6. The van der Waals surface area contributed by atoms with Crippen molar-refractivity contribution < 1.29 is 14.4 Å². The first-order chi connectivity index (χ1) is 10.1. The van der Waals surface area contributed by atoms with Crippen LogP contribution in [0.15, 0.2) is 24.3 Å². The zero-order valence-electron chi connectivity index (χ0n) is 11.5. The molecule has 1 aromatic rings. The summed E-state index contributed by atoms with van der Waals surface area (Å²) in [6, 6.07) is 7.08. The maximum absolute atomic E-state index is 12.5. The van der Waals surface area contributed by atoms with Gasteiger partial charge in [0.25, 0.3) is 0 Å². The van der Waals surface area contributed by atoms with Gasteiger partial charge in [-0.05, 0) is 24.5 Å². The summed E-state index contributed by atoms with van der Waals surface area (Å²) in [5.74, 6) is -1.11. The van der Waals surface area contributed by atoms with Crippen LogP contribution >= 0.6 is 0 Å². The Balaban J connectivity index is 1.72. The maximum Gasteiger partial charge on any atom is 0.249 e. The molecule has 2 aliphatic heterocycles. The molecule has 0 spiro atoms. The molecule has 1 aromatic carbocycles. The number of carbonyl (C=O) groups is 3. The minimum absolute atomic E-state index is 0.154. The Labute approximate surface area is 122 Å². The molecule has 0 aliphatic carbocycles. The molecule has 3 N–H and O–H groups in total. The van der Waals surface area contributed by atoms with Crippen molar-refractivity contribution in [3.8, 4) is 0 Å². The largest absolute Gasteiger partial charge is 0.385 e. The number of rotatable bonds is 2. The molecule has 0 saturated carbocycles. The standard InChI is InChI=1S/C15H17N3O3/c19-13-6-5-12(15(21)18-13)17-14(20)10-7-8-16-11-4-2-1-3-9(10)11/h1-4,10,12,16H,5-8H2,(H,17,20)(H,18,19,21)/t10-,12-/m0/s1. The second kappa shape index (κ2) is 5.55. The van der Waals surface area contributed by atoms with Gasteiger partial charge in [0.15, 0.2) is 0 Å². The van der Waals surface area contributed by atoms with Gasteiger partial charge in [-0.3, -0.25) is 19.7 Å². The molecule has 2 atom stereocenters. The van der Waals surface area contributed by atoms with Crippen LogP contribution in [-0.4, -0.2) is 30.3 Å². The van der Waals surface area contributed by atoms with Gasteiger partial charge in [-0.1, -0.05) is 18.2 Å². The lowest BCUT2D eigenvalue weighted by Gasteiger charge is -2.28. The van der Waals surface area contributed by atoms with Gasteiger partial charge in [-0.2, -0.15) is 0 Å². The van der Waals surface area contributed by atoms with Gasteiger partial charge in [-0.25, -0.2) is 0 Å². The van der Waals surface area contributed by atoms with Crippen molar-refractivity contribution in [3.05, 3.63) is 29.8 Å². The van der Waals surface area contributed by atoms with Gasteiger partial charge in [0, 0.05) is 18.7 Å². The Hall–Kier alpha value is -2.37. The Morgan fingerprint density at radius 3 is 2.81 bits per heavy atom. The summed E-state index contributed by atoms with van der Waals surface area (Å²) in [5.41, 5.74) is 1.92. The second-order valence-electron chi connectivity index (χ2n) is 5.37. The fourth-order valence-electron chi connectivity index (χ4n) is 2.84. The minimum atomic E-state index is -0.614. The summed E-state index contributed by atoms with van der Waals surface area (Å²) in [4.78, 5) is 35.3. The third-order valence-corrected chi connectivity index (χ3v) is 3.96. The molecule has 2 heterocycles. The predicted molar refractivity (Wildman–Crippen MR) is 76.6 cm³/mol. The predicted octanol–water partition coefficient (Wildman–Crippen LogP) is 0.507. The Morgan fingerprint density at radius 1 is 1.19 bits per heavy atom. The fourth-order valence-corrected chi connectivity index (χ4v) is 2.84. The lowest BCUT2D eigenvalue weighted by atomic mass is 9.89. The van der Waals surface area contributed by atoms with E-state index in [0.29, 0.717) is 12.8 Å². The van der Waals surface area contributed by atoms with Crippen LogP contribution in [0.3, 0.4) is 0 Å². The van der Waals surface area contributed by atoms with Gasteiger partial charge in [-0.15, -0.1) is 0 Å². The first-order valence-electron chi connectivity index (χ1n) is 7.12. The number of nitrogens with one attached hydrogen (secondary N) is 3. The van der Waals surface area contributed by atoms with E-state index in [0.717, 1.165) is 17.8 Å². The topological polar surface area (TPSA) is 87.3 Å². The van der Waals surface area contributed by atoms with E-state index < -0.39 is 11.9 Å². The smallest absolute Gasteiger partial charge is 0.249 e. The summed E-state index contributed by atoms with van der Waals surface area (Å²) in [6.07, 6.45) is 1.32. The third kappa shape index (κ3) is 2.74. The van der Waals surface area contributed by atoms with E-state index in [-0.39, 0.29) is 24.2 Å². The van der Waals surface area contributed by atoms with Crippen molar-refractivity contribution in [2.75, 3.05) is 11.9 Å². The van der Waals surface area contributed by atoms with Crippen molar-refractivity contribution in [1.29, 1.82) is 0 Å². The molecule has 3 rings (SSSR count). The van der Waals surface area contributed by atoms with Crippen molar-refractivity contribution in [2.24, 2.45) is 0 Å². The lowest BCUT2D eigenvalue weighted by molar-refractivity contribution is -0.137. The van der Waals surface area contributed by atoms with Gasteiger partial charge < -0.3 is 10.6 Å². The van der Waals surface area contributed by atoms with Gasteiger partial charge >= 0.3 is 0 Å². The number of fused-ring (bicyclic) bond motifs is 1. The summed E-state index contributed by atoms with van der Waals surface area (Å²) >= 11 is 0. The number of anilines is 1. The van der Waals surface area contributed by atoms with Gasteiger partial charge in [0.1, 0.15) is 6.04 Å². The average Bonchev–Trinajstić information content (AvgIpc) is 2.49. The molecule has 1 fully saturated rings. The van der Waals surface area contributed by atoms with Crippen molar-refractivity contribution in [1.82, 2.24) is 10.6 Å². The zero-order valence-corrected chi connectivity index (χ0v) is 11.5. The molecule has 0 radical (unpaired) electrons.